The first-order valence-electron chi connectivity index (χ1n) is 20.0. The van der Waals surface area contributed by atoms with Crippen LogP contribution in [0.3, 0.4) is 0 Å². The van der Waals surface area contributed by atoms with Crippen LogP contribution < -0.4 is 15.0 Å². The molecule has 0 saturated carbocycles. The maximum atomic E-state index is 13.3. The van der Waals surface area contributed by atoms with Crippen molar-refractivity contribution in [2.75, 3.05) is 57.3 Å². The Hall–Kier alpha value is -5.52. The van der Waals surface area contributed by atoms with E-state index in [0.29, 0.717) is 22.8 Å². The number of amides is 4. The largest absolute Gasteiger partial charge is 0.508 e. The Labute approximate surface area is 326 Å². The number of rotatable bonds is 10. The lowest BCUT2D eigenvalue weighted by Crippen LogP contribution is -2.54. The Kier molecular flexibility index (Phi) is 9.81. The summed E-state index contributed by atoms with van der Waals surface area (Å²) in [6.07, 6.45) is 3.51. The SMILES string of the molecule is O=C1CCC(N2C(=O)c3ccc(N4CCN(CCCN5CC(Oc6ccc(C7c8ccc(O)cc8CC[C@@H]7c7ccccc7)cc6)C5)CC4)cc3C2=O)C(=O)N1. The molecule has 0 radical (unpaired) electrons. The van der Waals surface area contributed by atoms with Crippen LogP contribution in [0.1, 0.15) is 80.5 Å². The van der Waals surface area contributed by atoms with E-state index >= 15 is 0 Å². The number of aromatic hydroxyl groups is 1. The quantitative estimate of drug-likeness (QED) is 0.217. The van der Waals surface area contributed by atoms with Gasteiger partial charge in [-0.15, -0.1) is 0 Å². The van der Waals surface area contributed by atoms with Gasteiger partial charge in [0.15, 0.2) is 0 Å². The maximum absolute atomic E-state index is 13.3. The van der Waals surface area contributed by atoms with Crippen molar-refractivity contribution in [1.29, 1.82) is 0 Å². The Balaban J connectivity index is 0.726. The van der Waals surface area contributed by atoms with Crippen LogP contribution in [0.15, 0.2) is 91.0 Å². The molecule has 3 atom stereocenters. The van der Waals surface area contributed by atoms with Gasteiger partial charge in [0, 0.05) is 57.3 Å². The third-order valence-corrected chi connectivity index (χ3v) is 12.4. The summed E-state index contributed by atoms with van der Waals surface area (Å²) in [6.45, 7) is 7.35. The summed E-state index contributed by atoms with van der Waals surface area (Å²) in [5, 5.41) is 12.4. The number of piperidine rings is 1. The number of aryl methyl sites for hydroxylation is 1. The first kappa shape index (κ1) is 36.1. The van der Waals surface area contributed by atoms with Crippen molar-refractivity contribution >= 4 is 29.3 Å². The van der Waals surface area contributed by atoms with E-state index in [9.17, 15) is 24.3 Å². The molecular formula is C45H47N5O6. The standard InChI is InChI=1S/C45H47N5O6/c51-33-11-16-37-31(25-33)9-14-36(29-5-2-1-3-6-29)42(37)30-7-12-34(13-8-30)56-35-27-48(28-35)20-4-19-47-21-23-49(24-22-47)32-10-15-38-39(26-32)45(55)50(44(38)54)40-17-18-41(52)46-43(40)53/h1-3,5-8,10-13,15-16,25-26,35-36,40,42,51H,4,9,14,17-24,27-28H2,(H,46,52,53)/t36-,40?,42?/m1/s1. The molecule has 11 heteroatoms. The molecule has 4 aliphatic heterocycles. The van der Waals surface area contributed by atoms with Crippen LogP contribution in [0.2, 0.25) is 0 Å². The molecule has 11 nitrogen and oxygen atoms in total. The number of hydrogen-bond acceptors (Lipinski definition) is 9. The topological polar surface area (TPSA) is 123 Å². The second-order valence-corrected chi connectivity index (χ2v) is 15.8. The highest BCUT2D eigenvalue weighted by Crippen LogP contribution is 2.47. The summed E-state index contributed by atoms with van der Waals surface area (Å²) < 4.78 is 6.39. The Morgan fingerprint density at radius 1 is 0.714 bits per heavy atom. The number of phenols is 1. The lowest BCUT2D eigenvalue weighted by atomic mass is 9.69. The van der Waals surface area contributed by atoms with Crippen molar-refractivity contribution in [3.05, 3.63) is 124 Å². The number of carbonyl (C=O) groups excluding carboxylic acids is 4. The molecule has 9 rings (SSSR count). The molecule has 0 aromatic heterocycles. The lowest BCUT2D eigenvalue weighted by molar-refractivity contribution is -0.136. The van der Waals surface area contributed by atoms with Crippen LogP contribution in [-0.4, -0.2) is 108 Å². The second-order valence-electron chi connectivity index (χ2n) is 15.8. The van der Waals surface area contributed by atoms with Gasteiger partial charge < -0.3 is 14.7 Å². The van der Waals surface area contributed by atoms with Crippen LogP contribution in [0.5, 0.6) is 11.5 Å². The highest BCUT2D eigenvalue weighted by molar-refractivity contribution is 6.23. The van der Waals surface area contributed by atoms with Gasteiger partial charge in [0.25, 0.3) is 11.8 Å². The molecule has 0 bridgehead atoms. The number of ether oxygens (including phenoxy) is 1. The zero-order valence-corrected chi connectivity index (χ0v) is 31.4. The van der Waals surface area contributed by atoms with Crippen LogP contribution in [0.4, 0.5) is 5.69 Å². The van der Waals surface area contributed by atoms with E-state index in [4.69, 9.17) is 4.74 Å². The molecule has 3 fully saturated rings. The Morgan fingerprint density at radius 2 is 1.46 bits per heavy atom. The number of nitrogens with zero attached hydrogens (tertiary/aromatic N) is 4. The average molecular weight is 754 g/mol. The molecule has 4 aromatic carbocycles. The number of hydrogen-bond donors (Lipinski definition) is 2. The molecule has 56 heavy (non-hydrogen) atoms. The molecular weight excluding hydrogens is 707 g/mol. The zero-order valence-electron chi connectivity index (χ0n) is 31.4. The minimum Gasteiger partial charge on any atom is -0.508 e. The first-order chi connectivity index (χ1) is 27.3. The van der Waals surface area contributed by atoms with Gasteiger partial charge in [-0.3, -0.25) is 39.2 Å². The summed E-state index contributed by atoms with van der Waals surface area (Å²) in [5.74, 6) is -0.116. The number of imide groups is 2. The number of fused-ring (bicyclic) bond motifs is 2. The van der Waals surface area contributed by atoms with Crippen LogP contribution in [0, 0.1) is 0 Å². The maximum Gasteiger partial charge on any atom is 0.262 e. The highest BCUT2D eigenvalue weighted by Gasteiger charge is 2.45. The molecule has 4 aromatic rings. The van der Waals surface area contributed by atoms with Gasteiger partial charge in [-0.1, -0.05) is 48.5 Å². The van der Waals surface area contributed by atoms with E-state index in [0.717, 1.165) is 88.0 Å². The number of carbonyl (C=O) groups is 4. The van der Waals surface area contributed by atoms with Crippen molar-refractivity contribution in [3.63, 3.8) is 0 Å². The average Bonchev–Trinajstić information content (AvgIpc) is 3.45. The predicted molar refractivity (Wildman–Crippen MR) is 211 cm³/mol. The molecule has 4 amide bonds. The van der Waals surface area contributed by atoms with Crippen LogP contribution in [-0.2, 0) is 16.0 Å². The second kappa shape index (κ2) is 15.2. The molecule has 3 saturated heterocycles. The van der Waals surface area contributed by atoms with E-state index in [1.165, 1.54) is 22.3 Å². The smallest absolute Gasteiger partial charge is 0.262 e. The van der Waals surface area contributed by atoms with E-state index < -0.39 is 23.8 Å². The third kappa shape index (κ3) is 7.05. The monoisotopic (exact) mass is 753 g/mol. The van der Waals surface area contributed by atoms with Crippen molar-refractivity contribution in [2.45, 2.75) is 56.1 Å². The van der Waals surface area contributed by atoms with E-state index in [1.807, 2.05) is 18.2 Å². The summed E-state index contributed by atoms with van der Waals surface area (Å²) in [6, 6.07) is 29.7. The van der Waals surface area contributed by atoms with Gasteiger partial charge in [-0.25, -0.2) is 0 Å². The van der Waals surface area contributed by atoms with Crippen LogP contribution >= 0.6 is 0 Å². The zero-order chi connectivity index (χ0) is 38.3. The number of anilines is 1. The fourth-order valence-corrected chi connectivity index (χ4v) is 9.41. The fraction of sp³-hybridized carbons (Fsp3) is 0.378. The molecule has 4 heterocycles. The summed E-state index contributed by atoms with van der Waals surface area (Å²) in [4.78, 5) is 58.6. The van der Waals surface area contributed by atoms with E-state index in [-0.39, 0.29) is 30.8 Å². The molecule has 1 aliphatic carbocycles. The number of nitrogens with one attached hydrogen (secondary N) is 1. The van der Waals surface area contributed by atoms with Crippen LogP contribution in [0.25, 0.3) is 0 Å². The summed E-state index contributed by atoms with van der Waals surface area (Å²) >= 11 is 0. The minimum atomic E-state index is -0.961. The normalized spacial score (nSPS) is 23.1. The number of likely N-dealkylation sites (tertiary alicyclic amines) is 1. The minimum absolute atomic E-state index is 0.101. The number of piperazine rings is 1. The summed E-state index contributed by atoms with van der Waals surface area (Å²) in [5.41, 5.74) is 6.67. The Bertz CT molecular complexity index is 2140. The lowest BCUT2D eigenvalue weighted by Gasteiger charge is -2.40. The van der Waals surface area contributed by atoms with Crippen molar-refractivity contribution in [2.24, 2.45) is 0 Å². The van der Waals surface area contributed by atoms with Crippen molar-refractivity contribution in [3.8, 4) is 11.5 Å². The predicted octanol–water partition coefficient (Wildman–Crippen LogP) is 4.93. The molecule has 2 unspecified atom stereocenters. The van der Waals surface area contributed by atoms with E-state index in [2.05, 4.69) is 80.7 Å². The number of benzene rings is 4. The fourth-order valence-electron chi connectivity index (χ4n) is 9.41. The van der Waals surface area contributed by atoms with Gasteiger partial charge in [0.2, 0.25) is 11.8 Å². The highest BCUT2D eigenvalue weighted by atomic mass is 16.5. The van der Waals surface area contributed by atoms with Gasteiger partial charge >= 0.3 is 0 Å². The van der Waals surface area contributed by atoms with Gasteiger partial charge in [-0.05, 0) is 109 Å². The molecule has 0 spiro atoms. The van der Waals surface area contributed by atoms with E-state index in [1.54, 1.807) is 12.1 Å². The van der Waals surface area contributed by atoms with Gasteiger partial charge in [-0.2, -0.15) is 0 Å². The van der Waals surface area contributed by atoms with Crippen molar-refractivity contribution in [1.82, 2.24) is 20.0 Å². The van der Waals surface area contributed by atoms with Gasteiger partial charge in [0.05, 0.1) is 11.1 Å². The molecule has 5 aliphatic rings. The first-order valence-corrected chi connectivity index (χ1v) is 20.0. The third-order valence-electron chi connectivity index (χ3n) is 12.4. The number of phenolic OH excluding ortho intramolecular Hbond substituents is 1. The molecule has 2 N–H and O–H groups in total. The Morgan fingerprint density at radius 3 is 2.23 bits per heavy atom. The summed E-state index contributed by atoms with van der Waals surface area (Å²) in [7, 11) is 0. The van der Waals surface area contributed by atoms with Crippen molar-refractivity contribution < 1.29 is 29.0 Å². The van der Waals surface area contributed by atoms with Gasteiger partial charge in [0.1, 0.15) is 23.6 Å². The molecule has 288 valence electrons.